The summed E-state index contributed by atoms with van der Waals surface area (Å²) in [7, 11) is 0. The maximum absolute atomic E-state index is 12.8. The Morgan fingerprint density at radius 2 is 1.86 bits per heavy atom. The molecule has 6 heteroatoms. The van der Waals surface area contributed by atoms with E-state index < -0.39 is 0 Å². The van der Waals surface area contributed by atoms with Crippen LogP contribution >= 0.6 is 11.3 Å². The van der Waals surface area contributed by atoms with Gasteiger partial charge < -0.3 is 9.80 Å². The van der Waals surface area contributed by atoms with Gasteiger partial charge in [0.25, 0.3) is 0 Å². The second-order valence-corrected chi connectivity index (χ2v) is 8.51. The van der Waals surface area contributed by atoms with Crippen LogP contribution in [0.2, 0.25) is 0 Å². The summed E-state index contributed by atoms with van der Waals surface area (Å²) < 4.78 is 1.11. The molecule has 0 bridgehead atoms. The minimum absolute atomic E-state index is 0.103. The number of aromatic nitrogens is 1. The van der Waals surface area contributed by atoms with E-state index in [0.717, 1.165) is 82.6 Å². The SMILES string of the molecule is CCN(CC)CCN1CCN=C1c1nc2cc3c(cc2s1)-c1ccccc1C3=O. The van der Waals surface area contributed by atoms with Crippen molar-refractivity contribution in [1.82, 2.24) is 14.8 Å². The zero-order chi connectivity index (χ0) is 20.0. The van der Waals surface area contributed by atoms with Crippen molar-refractivity contribution in [1.29, 1.82) is 0 Å². The molecule has 5 rings (SSSR count). The Morgan fingerprint density at radius 1 is 1.07 bits per heavy atom. The van der Waals surface area contributed by atoms with Gasteiger partial charge in [0, 0.05) is 30.8 Å². The predicted octanol–water partition coefficient (Wildman–Crippen LogP) is 3.91. The Kier molecular flexibility index (Phi) is 4.68. The van der Waals surface area contributed by atoms with Gasteiger partial charge in [-0.05, 0) is 36.3 Å². The zero-order valence-corrected chi connectivity index (χ0v) is 17.6. The average Bonchev–Trinajstić information content (AvgIpc) is 3.44. The molecule has 0 saturated carbocycles. The molecular weight excluding hydrogens is 380 g/mol. The molecule has 1 aliphatic carbocycles. The number of hydrogen-bond donors (Lipinski definition) is 0. The predicted molar refractivity (Wildman–Crippen MR) is 119 cm³/mol. The van der Waals surface area contributed by atoms with Gasteiger partial charge in [-0.3, -0.25) is 9.79 Å². The Morgan fingerprint density at radius 3 is 2.66 bits per heavy atom. The van der Waals surface area contributed by atoms with E-state index in [0.29, 0.717) is 0 Å². The Hall–Kier alpha value is -2.57. The van der Waals surface area contributed by atoms with Crippen LogP contribution in [0.4, 0.5) is 0 Å². The van der Waals surface area contributed by atoms with Crippen molar-refractivity contribution >= 4 is 33.2 Å². The van der Waals surface area contributed by atoms with Gasteiger partial charge in [0.05, 0.1) is 16.8 Å². The van der Waals surface area contributed by atoms with Crippen LogP contribution in [0.1, 0.15) is 34.8 Å². The van der Waals surface area contributed by atoms with Crippen molar-refractivity contribution in [2.24, 2.45) is 4.99 Å². The van der Waals surface area contributed by atoms with Crippen molar-refractivity contribution in [3.05, 3.63) is 52.5 Å². The fraction of sp³-hybridized carbons (Fsp3) is 0.348. The molecule has 148 valence electrons. The van der Waals surface area contributed by atoms with Gasteiger partial charge in [-0.15, -0.1) is 11.3 Å². The number of carbonyl (C=O) groups excluding carboxylic acids is 1. The summed E-state index contributed by atoms with van der Waals surface area (Å²) in [4.78, 5) is 27.2. The van der Waals surface area contributed by atoms with E-state index in [1.54, 1.807) is 11.3 Å². The number of nitrogens with zero attached hydrogens (tertiary/aromatic N) is 4. The van der Waals surface area contributed by atoms with Crippen molar-refractivity contribution in [3.63, 3.8) is 0 Å². The fourth-order valence-electron chi connectivity index (χ4n) is 4.25. The van der Waals surface area contributed by atoms with Crippen LogP contribution < -0.4 is 0 Å². The van der Waals surface area contributed by atoms with Gasteiger partial charge in [-0.2, -0.15) is 0 Å². The molecule has 29 heavy (non-hydrogen) atoms. The van der Waals surface area contributed by atoms with Crippen LogP contribution in [-0.4, -0.2) is 65.7 Å². The summed E-state index contributed by atoms with van der Waals surface area (Å²) in [6, 6.07) is 11.9. The maximum Gasteiger partial charge on any atom is 0.194 e. The molecule has 3 aromatic rings. The minimum Gasteiger partial charge on any atom is -0.351 e. The number of fused-ring (bicyclic) bond motifs is 4. The van der Waals surface area contributed by atoms with Gasteiger partial charge in [0.15, 0.2) is 16.6 Å². The lowest BCUT2D eigenvalue weighted by Crippen LogP contribution is -2.37. The number of benzene rings is 2. The lowest BCUT2D eigenvalue weighted by atomic mass is 10.1. The molecule has 0 radical (unpaired) electrons. The lowest BCUT2D eigenvalue weighted by Gasteiger charge is -2.24. The maximum atomic E-state index is 12.8. The smallest absolute Gasteiger partial charge is 0.194 e. The molecule has 0 fully saturated rings. The van der Waals surface area contributed by atoms with Gasteiger partial charge in [-0.25, -0.2) is 4.98 Å². The quantitative estimate of drug-likeness (QED) is 0.489. The molecule has 2 heterocycles. The molecule has 2 aliphatic rings. The van der Waals surface area contributed by atoms with Crippen molar-refractivity contribution in [2.75, 3.05) is 39.3 Å². The van der Waals surface area contributed by atoms with Crippen molar-refractivity contribution < 1.29 is 4.79 Å². The molecule has 2 aromatic carbocycles. The molecule has 1 aromatic heterocycles. The van der Waals surface area contributed by atoms with E-state index in [1.165, 1.54) is 0 Å². The molecule has 5 nitrogen and oxygen atoms in total. The first kappa shape index (κ1) is 18.5. The Labute approximate surface area is 174 Å². The van der Waals surface area contributed by atoms with E-state index in [-0.39, 0.29) is 5.78 Å². The standard InChI is InChI=1S/C23H24N4OS/c1-3-26(4-2)11-12-27-10-9-24-22(27)23-25-19-13-18-17(14-20(19)29-23)15-7-5-6-8-16(15)21(18)28/h5-8,13-14H,3-4,9-12H2,1-2H3. The van der Waals surface area contributed by atoms with Gasteiger partial charge in [0.2, 0.25) is 0 Å². The van der Waals surface area contributed by atoms with Gasteiger partial charge in [-0.1, -0.05) is 38.1 Å². The molecule has 0 N–H and O–H groups in total. The summed E-state index contributed by atoms with van der Waals surface area (Å²) in [5.41, 5.74) is 4.51. The number of rotatable bonds is 6. The third-order valence-electron chi connectivity index (χ3n) is 5.94. The highest BCUT2D eigenvalue weighted by Gasteiger charge is 2.28. The molecule has 0 unspecified atom stereocenters. The molecule has 0 atom stereocenters. The van der Waals surface area contributed by atoms with Crippen LogP contribution in [0.5, 0.6) is 0 Å². The molecule has 0 saturated heterocycles. The normalized spacial score (nSPS) is 15.3. The molecular formula is C23H24N4OS. The van der Waals surface area contributed by atoms with Crippen LogP contribution in [0.25, 0.3) is 21.3 Å². The van der Waals surface area contributed by atoms with Crippen LogP contribution in [0.3, 0.4) is 0 Å². The first-order chi connectivity index (χ1) is 14.2. The molecule has 1 aliphatic heterocycles. The molecule has 0 spiro atoms. The number of likely N-dealkylation sites (N-methyl/N-ethyl adjacent to an activating group) is 1. The van der Waals surface area contributed by atoms with Gasteiger partial charge in [0.1, 0.15) is 0 Å². The van der Waals surface area contributed by atoms with E-state index in [9.17, 15) is 4.79 Å². The summed E-state index contributed by atoms with van der Waals surface area (Å²) in [5.74, 6) is 1.11. The van der Waals surface area contributed by atoms with E-state index in [2.05, 4.69) is 29.7 Å². The second kappa shape index (κ2) is 7.35. The van der Waals surface area contributed by atoms with E-state index in [4.69, 9.17) is 9.98 Å². The van der Waals surface area contributed by atoms with Crippen molar-refractivity contribution in [3.8, 4) is 11.1 Å². The number of hydrogen-bond acceptors (Lipinski definition) is 6. The highest BCUT2D eigenvalue weighted by molar-refractivity contribution is 7.20. The fourth-order valence-corrected chi connectivity index (χ4v) is 5.27. The summed E-state index contributed by atoms with van der Waals surface area (Å²) in [6.07, 6.45) is 0. The third-order valence-corrected chi connectivity index (χ3v) is 6.95. The van der Waals surface area contributed by atoms with Crippen LogP contribution in [-0.2, 0) is 0 Å². The first-order valence-corrected chi connectivity index (χ1v) is 11.1. The topological polar surface area (TPSA) is 48.8 Å². The third kappa shape index (κ3) is 3.07. The molecule has 0 amide bonds. The monoisotopic (exact) mass is 404 g/mol. The van der Waals surface area contributed by atoms with E-state index in [1.807, 2.05) is 30.3 Å². The average molecular weight is 405 g/mol. The summed E-state index contributed by atoms with van der Waals surface area (Å²) in [5, 5.41) is 0.960. The first-order valence-electron chi connectivity index (χ1n) is 10.3. The highest BCUT2D eigenvalue weighted by atomic mass is 32.1. The number of carbonyl (C=O) groups is 1. The Bertz CT molecular complexity index is 1130. The lowest BCUT2D eigenvalue weighted by molar-refractivity contribution is 0.104. The minimum atomic E-state index is 0.103. The van der Waals surface area contributed by atoms with Gasteiger partial charge >= 0.3 is 0 Å². The number of ketones is 1. The second-order valence-electron chi connectivity index (χ2n) is 7.48. The largest absolute Gasteiger partial charge is 0.351 e. The number of amidine groups is 1. The van der Waals surface area contributed by atoms with Crippen LogP contribution in [0, 0.1) is 0 Å². The van der Waals surface area contributed by atoms with E-state index >= 15 is 0 Å². The van der Waals surface area contributed by atoms with Crippen LogP contribution in [0.15, 0.2) is 41.4 Å². The number of thiazole rings is 1. The Balaban J connectivity index is 1.47. The highest BCUT2D eigenvalue weighted by Crippen LogP contribution is 2.40. The zero-order valence-electron chi connectivity index (χ0n) is 16.8. The summed E-state index contributed by atoms with van der Waals surface area (Å²) in [6.45, 7) is 10.3. The van der Waals surface area contributed by atoms with Crippen molar-refractivity contribution in [2.45, 2.75) is 13.8 Å². The number of aliphatic imine (C=N–C) groups is 1. The summed E-state index contributed by atoms with van der Waals surface area (Å²) >= 11 is 1.68.